The molecule has 0 bridgehead atoms. The first-order valence-corrected chi connectivity index (χ1v) is 8.73. The second-order valence-electron chi connectivity index (χ2n) is 5.44. The summed E-state index contributed by atoms with van der Waals surface area (Å²) in [6.07, 6.45) is 2.90. The number of hydrogen-bond donors (Lipinski definition) is 1. The lowest BCUT2D eigenvalue weighted by atomic mass is 10.1. The maximum Gasteiger partial charge on any atom is 0.281 e. The maximum atomic E-state index is 11.9. The van der Waals surface area contributed by atoms with Crippen LogP contribution in [-0.2, 0) is 11.2 Å². The lowest BCUT2D eigenvalue weighted by Gasteiger charge is -2.14. The summed E-state index contributed by atoms with van der Waals surface area (Å²) in [4.78, 5) is 29.5. The first kappa shape index (κ1) is 15.8. The molecule has 120 valence electrons. The standard InChI is InChI=1S/C17H19N3O2S/c21-15(7-10-20-11-12-23-17(20)22)18-9-6-14-4-1-3-13-5-2-8-19-16(13)14/h1-5,8H,6-7,9-12H2,(H,18,21). The van der Waals surface area contributed by atoms with Crippen molar-refractivity contribution < 1.29 is 9.59 Å². The van der Waals surface area contributed by atoms with Crippen molar-refractivity contribution in [3.8, 4) is 0 Å². The monoisotopic (exact) mass is 329 g/mol. The zero-order valence-electron chi connectivity index (χ0n) is 12.8. The number of nitrogens with one attached hydrogen (secondary N) is 1. The van der Waals surface area contributed by atoms with Crippen molar-refractivity contribution >= 4 is 33.8 Å². The molecule has 0 atom stereocenters. The van der Waals surface area contributed by atoms with E-state index in [-0.39, 0.29) is 11.1 Å². The molecule has 0 unspecified atom stereocenters. The maximum absolute atomic E-state index is 11.9. The predicted octanol–water partition coefficient (Wildman–Crippen LogP) is 2.45. The largest absolute Gasteiger partial charge is 0.356 e. The first-order valence-electron chi connectivity index (χ1n) is 7.75. The van der Waals surface area contributed by atoms with Crippen LogP contribution in [0.2, 0.25) is 0 Å². The molecule has 6 heteroatoms. The summed E-state index contributed by atoms with van der Waals surface area (Å²) in [5.41, 5.74) is 2.12. The quantitative estimate of drug-likeness (QED) is 0.884. The zero-order valence-corrected chi connectivity index (χ0v) is 13.6. The Hall–Kier alpha value is -2.08. The molecule has 1 aromatic carbocycles. The molecule has 1 fully saturated rings. The van der Waals surface area contributed by atoms with Gasteiger partial charge in [-0.25, -0.2) is 0 Å². The van der Waals surface area contributed by atoms with Gasteiger partial charge in [-0.2, -0.15) is 0 Å². The SMILES string of the molecule is O=C(CCN1CCSC1=O)NCCc1cccc2cccnc12. The van der Waals surface area contributed by atoms with Gasteiger partial charge in [0.05, 0.1) is 5.52 Å². The van der Waals surface area contributed by atoms with Crippen LogP contribution in [0.4, 0.5) is 4.79 Å². The van der Waals surface area contributed by atoms with E-state index in [4.69, 9.17) is 0 Å². The van der Waals surface area contributed by atoms with Gasteiger partial charge >= 0.3 is 0 Å². The molecular weight excluding hydrogens is 310 g/mol. The Labute approximate surface area is 139 Å². The number of benzene rings is 1. The lowest BCUT2D eigenvalue weighted by Crippen LogP contribution is -2.31. The number of fused-ring (bicyclic) bond motifs is 1. The topological polar surface area (TPSA) is 62.3 Å². The van der Waals surface area contributed by atoms with E-state index in [0.717, 1.165) is 35.2 Å². The van der Waals surface area contributed by atoms with Crippen molar-refractivity contribution in [3.05, 3.63) is 42.1 Å². The van der Waals surface area contributed by atoms with Gasteiger partial charge in [-0.1, -0.05) is 36.0 Å². The van der Waals surface area contributed by atoms with Crippen molar-refractivity contribution in [2.45, 2.75) is 12.8 Å². The van der Waals surface area contributed by atoms with Crippen molar-refractivity contribution in [3.63, 3.8) is 0 Å². The Balaban J connectivity index is 1.47. The summed E-state index contributed by atoms with van der Waals surface area (Å²) < 4.78 is 0. The van der Waals surface area contributed by atoms with Gasteiger partial charge in [0, 0.05) is 43.4 Å². The number of para-hydroxylation sites is 1. The summed E-state index contributed by atoms with van der Waals surface area (Å²) in [6.45, 7) is 1.84. The van der Waals surface area contributed by atoms with Crippen LogP contribution in [0.25, 0.3) is 10.9 Å². The van der Waals surface area contributed by atoms with E-state index in [1.165, 1.54) is 11.8 Å². The Morgan fingerprint density at radius 3 is 3.00 bits per heavy atom. The van der Waals surface area contributed by atoms with E-state index < -0.39 is 0 Å². The summed E-state index contributed by atoms with van der Waals surface area (Å²) >= 11 is 1.32. The van der Waals surface area contributed by atoms with Gasteiger partial charge in [0.1, 0.15) is 0 Å². The highest BCUT2D eigenvalue weighted by molar-refractivity contribution is 8.13. The van der Waals surface area contributed by atoms with Crippen LogP contribution in [-0.4, -0.2) is 46.4 Å². The fourth-order valence-corrected chi connectivity index (χ4v) is 3.51. The van der Waals surface area contributed by atoms with Gasteiger partial charge in [-0.05, 0) is 18.1 Å². The molecule has 5 nitrogen and oxygen atoms in total. The van der Waals surface area contributed by atoms with E-state index in [9.17, 15) is 9.59 Å². The second-order valence-corrected chi connectivity index (χ2v) is 6.49. The van der Waals surface area contributed by atoms with Crippen LogP contribution in [0, 0.1) is 0 Å². The Kier molecular flexibility index (Phi) is 5.12. The normalized spacial score (nSPS) is 14.4. The minimum atomic E-state index is -0.0112. The van der Waals surface area contributed by atoms with Gasteiger partial charge in [0.25, 0.3) is 5.24 Å². The summed E-state index contributed by atoms with van der Waals surface area (Å²) in [6, 6.07) is 10.1. The Bertz CT molecular complexity index is 715. The molecule has 1 aliphatic rings. The van der Waals surface area contributed by atoms with E-state index in [1.807, 2.05) is 30.3 Å². The molecular formula is C17H19N3O2S. The highest BCUT2D eigenvalue weighted by Gasteiger charge is 2.21. The average molecular weight is 329 g/mol. The number of hydrogen-bond acceptors (Lipinski definition) is 4. The van der Waals surface area contributed by atoms with Crippen molar-refractivity contribution in [2.75, 3.05) is 25.4 Å². The molecule has 1 aliphatic heterocycles. The number of amides is 2. The Morgan fingerprint density at radius 2 is 2.17 bits per heavy atom. The number of carbonyl (C=O) groups is 2. The van der Waals surface area contributed by atoms with Crippen molar-refractivity contribution in [1.82, 2.24) is 15.2 Å². The molecule has 0 aliphatic carbocycles. The molecule has 2 aromatic rings. The van der Waals surface area contributed by atoms with E-state index in [2.05, 4.69) is 10.3 Å². The third kappa shape index (κ3) is 4.01. The van der Waals surface area contributed by atoms with Gasteiger partial charge in [-0.15, -0.1) is 0 Å². The third-order valence-corrected chi connectivity index (χ3v) is 4.78. The van der Waals surface area contributed by atoms with Crippen LogP contribution in [0.15, 0.2) is 36.5 Å². The fourth-order valence-electron chi connectivity index (χ4n) is 2.66. The van der Waals surface area contributed by atoms with Crippen LogP contribution in [0.3, 0.4) is 0 Å². The number of aromatic nitrogens is 1. The molecule has 3 rings (SSSR count). The van der Waals surface area contributed by atoms with E-state index in [1.54, 1.807) is 11.1 Å². The van der Waals surface area contributed by atoms with Crippen molar-refractivity contribution in [2.24, 2.45) is 0 Å². The van der Waals surface area contributed by atoms with Gasteiger partial charge in [-0.3, -0.25) is 14.6 Å². The average Bonchev–Trinajstić information content (AvgIpc) is 2.98. The van der Waals surface area contributed by atoms with Crippen LogP contribution >= 0.6 is 11.8 Å². The number of thioether (sulfide) groups is 1. The van der Waals surface area contributed by atoms with E-state index in [0.29, 0.717) is 19.5 Å². The minimum absolute atomic E-state index is 0.0112. The fraction of sp³-hybridized carbons (Fsp3) is 0.353. The number of pyridine rings is 1. The van der Waals surface area contributed by atoms with Crippen LogP contribution < -0.4 is 5.32 Å². The highest BCUT2D eigenvalue weighted by atomic mass is 32.2. The third-order valence-electron chi connectivity index (χ3n) is 3.89. The molecule has 2 amide bonds. The van der Waals surface area contributed by atoms with E-state index >= 15 is 0 Å². The number of carbonyl (C=O) groups excluding carboxylic acids is 2. The molecule has 0 saturated carbocycles. The molecule has 2 heterocycles. The minimum Gasteiger partial charge on any atom is -0.356 e. The molecule has 1 aromatic heterocycles. The molecule has 0 spiro atoms. The van der Waals surface area contributed by atoms with Crippen LogP contribution in [0.5, 0.6) is 0 Å². The smallest absolute Gasteiger partial charge is 0.281 e. The van der Waals surface area contributed by atoms with Crippen LogP contribution in [0.1, 0.15) is 12.0 Å². The van der Waals surface area contributed by atoms with Gasteiger partial charge in [0.15, 0.2) is 0 Å². The molecule has 1 saturated heterocycles. The van der Waals surface area contributed by atoms with Crippen molar-refractivity contribution in [1.29, 1.82) is 0 Å². The predicted molar refractivity (Wildman–Crippen MR) is 92.5 cm³/mol. The zero-order chi connectivity index (χ0) is 16.1. The molecule has 0 radical (unpaired) electrons. The summed E-state index contributed by atoms with van der Waals surface area (Å²) in [7, 11) is 0. The van der Waals surface area contributed by atoms with Gasteiger partial charge < -0.3 is 10.2 Å². The number of nitrogens with zero attached hydrogens (tertiary/aromatic N) is 2. The van der Waals surface area contributed by atoms with Gasteiger partial charge in [0.2, 0.25) is 5.91 Å². The molecule has 23 heavy (non-hydrogen) atoms. The lowest BCUT2D eigenvalue weighted by molar-refractivity contribution is -0.121. The second kappa shape index (κ2) is 7.46. The summed E-state index contributed by atoms with van der Waals surface area (Å²) in [5, 5.41) is 4.12. The first-order chi connectivity index (χ1) is 11.2. The highest BCUT2D eigenvalue weighted by Crippen LogP contribution is 2.17. The summed E-state index contributed by atoms with van der Waals surface area (Å²) in [5.74, 6) is 0.817. The molecule has 1 N–H and O–H groups in total. The number of rotatable bonds is 6. The Morgan fingerprint density at radius 1 is 1.30 bits per heavy atom.